The zero-order valence-corrected chi connectivity index (χ0v) is 15.5. The van der Waals surface area contributed by atoms with Crippen LogP contribution in [0, 0.1) is 5.41 Å². The fourth-order valence-electron chi connectivity index (χ4n) is 3.76. The monoisotopic (exact) mass is 337 g/mol. The smallest absolute Gasteiger partial charge is 0.237 e. The van der Waals surface area contributed by atoms with Gasteiger partial charge in [-0.3, -0.25) is 14.4 Å². The topological polar surface area (TPSA) is 60.9 Å². The van der Waals surface area contributed by atoms with E-state index in [1.807, 2.05) is 4.90 Å². The number of piperazine rings is 1. The van der Waals surface area contributed by atoms with E-state index in [4.69, 9.17) is 0 Å². The second kappa shape index (κ2) is 7.53. The first kappa shape index (κ1) is 18.7. The van der Waals surface area contributed by atoms with E-state index in [0.29, 0.717) is 26.2 Å². The lowest BCUT2D eigenvalue weighted by molar-refractivity contribution is -0.158. The molecule has 3 amide bonds. The summed E-state index contributed by atoms with van der Waals surface area (Å²) in [7, 11) is 0. The molecule has 6 heteroatoms. The first-order valence-electron chi connectivity index (χ1n) is 9.15. The summed E-state index contributed by atoms with van der Waals surface area (Å²) in [4.78, 5) is 42.8. The van der Waals surface area contributed by atoms with Crippen molar-refractivity contribution in [3.8, 4) is 0 Å². The predicted octanol–water partition coefficient (Wildman–Crippen LogP) is 1.49. The summed E-state index contributed by atoms with van der Waals surface area (Å²) in [6, 6.07) is 0.257. The number of carbonyl (C=O) groups excluding carboxylic acids is 3. The van der Waals surface area contributed by atoms with E-state index in [-0.39, 0.29) is 23.8 Å². The van der Waals surface area contributed by atoms with Gasteiger partial charge in [0, 0.05) is 45.7 Å². The van der Waals surface area contributed by atoms with Crippen LogP contribution < -0.4 is 0 Å². The molecule has 6 nitrogen and oxygen atoms in total. The average molecular weight is 337 g/mol. The fraction of sp³-hybridized carbons (Fsp3) is 0.833. The molecule has 2 aliphatic heterocycles. The molecular formula is C18H31N3O3. The lowest BCUT2D eigenvalue weighted by Crippen LogP contribution is -2.58. The minimum Gasteiger partial charge on any atom is -0.339 e. The molecule has 24 heavy (non-hydrogen) atoms. The maximum atomic E-state index is 13.1. The number of piperidine rings is 1. The van der Waals surface area contributed by atoms with E-state index < -0.39 is 5.41 Å². The van der Waals surface area contributed by atoms with Crippen LogP contribution in [0.15, 0.2) is 0 Å². The standard InChI is InChI=1S/C18H31N3O3/c1-5-15-8-6-7-9-21(15)17(24)18(3,4)16(23)20-12-10-19(11-13-20)14(2)22/h15H,5-13H2,1-4H3. The van der Waals surface area contributed by atoms with Gasteiger partial charge in [0.05, 0.1) is 0 Å². The van der Waals surface area contributed by atoms with Gasteiger partial charge in [-0.2, -0.15) is 0 Å². The van der Waals surface area contributed by atoms with Crippen LogP contribution in [0.2, 0.25) is 0 Å². The van der Waals surface area contributed by atoms with E-state index >= 15 is 0 Å². The third-order valence-corrected chi connectivity index (χ3v) is 5.44. The Morgan fingerprint density at radius 3 is 2.04 bits per heavy atom. The van der Waals surface area contributed by atoms with Gasteiger partial charge in [0.15, 0.2) is 0 Å². The van der Waals surface area contributed by atoms with E-state index in [9.17, 15) is 14.4 Å². The Morgan fingerprint density at radius 2 is 1.50 bits per heavy atom. The van der Waals surface area contributed by atoms with Crippen LogP contribution in [0.1, 0.15) is 53.4 Å². The van der Waals surface area contributed by atoms with E-state index in [0.717, 1.165) is 32.2 Å². The summed E-state index contributed by atoms with van der Waals surface area (Å²) in [5.74, 6) is -0.124. The SMILES string of the molecule is CCC1CCCCN1C(=O)C(C)(C)C(=O)N1CCN(C(C)=O)CC1. The molecule has 2 rings (SSSR count). The fourth-order valence-corrected chi connectivity index (χ4v) is 3.76. The Labute approximate surface area is 145 Å². The first-order valence-corrected chi connectivity index (χ1v) is 9.15. The van der Waals surface area contributed by atoms with Gasteiger partial charge in [-0.25, -0.2) is 0 Å². The van der Waals surface area contributed by atoms with Crippen LogP contribution >= 0.6 is 0 Å². The van der Waals surface area contributed by atoms with Crippen molar-refractivity contribution in [3.05, 3.63) is 0 Å². The van der Waals surface area contributed by atoms with Crippen LogP contribution in [-0.2, 0) is 14.4 Å². The van der Waals surface area contributed by atoms with Gasteiger partial charge in [-0.15, -0.1) is 0 Å². The Morgan fingerprint density at radius 1 is 0.917 bits per heavy atom. The van der Waals surface area contributed by atoms with Crippen molar-refractivity contribution < 1.29 is 14.4 Å². The Bertz CT molecular complexity index is 496. The van der Waals surface area contributed by atoms with Crippen molar-refractivity contribution in [2.45, 2.75) is 59.4 Å². The summed E-state index contributed by atoms with van der Waals surface area (Å²) in [6.45, 7) is 10.0. The van der Waals surface area contributed by atoms with Gasteiger partial charge in [-0.05, 0) is 39.5 Å². The van der Waals surface area contributed by atoms with Crippen molar-refractivity contribution in [1.82, 2.24) is 14.7 Å². The first-order chi connectivity index (χ1) is 11.3. The molecule has 0 aliphatic carbocycles. The highest BCUT2D eigenvalue weighted by Gasteiger charge is 2.44. The van der Waals surface area contributed by atoms with Crippen LogP contribution in [-0.4, -0.2) is 71.2 Å². The quantitative estimate of drug-likeness (QED) is 0.733. The van der Waals surface area contributed by atoms with Crippen molar-refractivity contribution in [2.24, 2.45) is 5.41 Å². The lowest BCUT2D eigenvalue weighted by atomic mass is 9.87. The molecule has 0 N–H and O–H groups in total. The number of hydrogen-bond donors (Lipinski definition) is 0. The summed E-state index contributed by atoms with van der Waals surface area (Å²) in [5.41, 5.74) is -1.04. The predicted molar refractivity (Wildman–Crippen MR) is 92.3 cm³/mol. The molecule has 2 fully saturated rings. The maximum Gasteiger partial charge on any atom is 0.237 e. The van der Waals surface area contributed by atoms with Crippen LogP contribution in [0.3, 0.4) is 0 Å². The van der Waals surface area contributed by atoms with Crippen LogP contribution in [0.25, 0.3) is 0 Å². The maximum absolute atomic E-state index is 13.1. The van der Waals surface area contributed by atoms with Crippen molar-refractivity contribution in [1.29, 1.82) is 0 Å². The molecule has 0 saturated carbocycles. The van der Waals surface area contributed by atoms with Crippen LogP contribution in [0.4, 0.5) is 0 Å². The second-order valence-electron chi connectivity index (χ2n) is 7.48. The van der Waals surface area contributed by atoms with Gasteiger partial charge in [0.1, 0.15) is 5.41 Å². The number of amides is 3. The van der Waals surface area contributed by atoms with Gasteiger partial charge in [0.25, 0.3) is 0 Å². The number of carbonyl (C=O) groups is 3. The normalized spacial score (nSPS) is 22.5. The molecule has 2 saturated heterocycles. The number of hydrogen-bond acceptors (Lipinski definition) is 3. The molecule has 0 aromatic rings. The molecule has 0 spiro atoms. The molecule has 0 aromatic carbocycles. The lowest BCUT2D eigenvalue weighted by Gasteiger charge is -2.42. The molecule has 2 heterocycles. The number of nitrogens with zero attached hydrogens (tertiary/aromatic N) is 3. The molecule has 0 radical (unpaired) electrons. The van der Waals surface area contributed by atoms with E-state index in [2.05, 4.69) is 6.92 Å². The Hall–Kier alpha value is -1.59. The van der Waals surface area contributed by atoms with Gasteiger partial charge < -0.3 is 14.7 Å². The van der Waals surface area contributed by atoms with Gasteiger partial charge >= 0.3 is 0 Å². The summed E-state index contributed by atoms with van der Waals surface area (Å²) in [5, 5.41) is 0. The molecule has 136 valence electrons. The summed E-state index contributed by atoms with van der Waals surface area (Å²) >= 11 is 0. The molecule has 1 unspecified atom stereocenters. The third kappa shape index (κ3) is 3.73. The number of likely N-dealkylation sites (tertiary alicyclic amines) is 1. The zero-order valence-electron chi connectivity index (χ0n) is 15.5. The molecule has 1 atom stereocenters. The second-order valence-corrected chi connectivity index (χ2v) is 7.48. The molecule has 0 bridgehead atoms. The van der Waals surface area contributed by atoms with Crippen molar-refractivity contribution in [2.75, 3.05) is 32.7 Å². The molecule has 0 aromatic heterocycles. The average Bonchev–Trinajstić information content (AvgIpc) is 2.60. The van der Waals surface area contributed by atoms with Gasteiger partial charge in [-0.1, -0.05) is 6.92 Å². The van der Waals surface area contributed by atoms with Crippen molar-refractivity contribution >= 4 is 17.7 Å². The minimum absolute atomic E-state index is 0.0385. The molecular weight excluding hydrogens is 306 g/mol. The highest BCUT2D eigenvalue weighted by molar-refractivity contribution is 6.04. The zero-order chi connectivity index (χ0) is 17.9. The largest absolute Gasteiger partial charge is 0.339 e. The Kier molecular flexibility index (Phi) is 5.88. The van der Waals surface area contributed by atoms with Gasteiger partial charge in [0.2, 0.25) is 17.7 Å². The molecule has 2 aliphatic rings. The number of rotatable bonds is 3. The van der Waals surface area contributed by atoms with E-state index in [1.54, 1.807) is 30.6 Å². The summed E-state index contributed by atoms with van der Waals surface area (Å²) in [6.07, 6.45) is 4.14. The van der Waals surface area contributed by atoms with Crippen LogP contribution in [0.5, 0.6) is 0 Å². The highest BCUT2D eigenvalue weighted by Crippen LogP contribution is 2.28. The summed E-state index contributed by atoms with van der Waals surface area (Å²) < 4.78 is 0. The van der Waals surface area contributed by atoms with E-state index in [1.165, 1.54) is 0 Å². The minimum atomic E-state index is -1.04. The van der Waals surface area contributed by atoms with Crippen molar-refractivity contribution in [3.63, 3.8) is 0 Å². The Balaban J connectivity index is 2.04. The highest BCUT2D eigenvalue weighted by atomic mass is 16.2. The third-order valence-electron chi connectivity index (χ3n) is 5.44.